The molecule has 23 heavy (non-hydrogen) atoms. The number of ether oxygens (including phenoxy) is 3. The number of H-pyrrole nitrogens is 1. The average molecular weight is 391 g/mol. The lowest BCUT2D eigenvalue weighted by Gasteiger charge is -2.16. The zero-order chi connectivity index (χ0) is 16.8. The van der Waals surface area contributed by atoms with Gasteiger partial charge in [0.2, 0.25) is 0 Å². The van der Waals surface area contributed by atoms with Crippen molar-refractivity contribution in [1.29, 1.82) is 0 Å². The molecule has 1 aromatic heterocycles. The van der Waals surface area contributed by atoms with Crippen LogP contribution >= 0.6 is 15.9 Å². The molecule has 2 rings (SSSR count). The third-order valence-electron chi connectivity index (χ3n) is 3.41. The molecule has 0 aromatic carbocycles. The van der Waals surface area contributed by atoms with Crippen molar-refractivity contribution in [1.82, 2.24) is 9.55 Å². The first-order chi connectivity index (χ1) is 11.1. The van der Waals surface area contributed by atoms with E-state index in [1.54, 1.807) is 0 Å². The molecule has 1 aliphatic rings. The van der Waals surface area contributed by atoms with E-state index in [2.05, 4.69) is 20.9 Å². The lowest BCUT2D eigenvalue weighted by molar-refractivity contribution is -0.109. The fourth-order valence-electron chi connectivity index (χ4n) is 2.24. The van der Waals surface area contributed by atoms with E-state index in [4.69, 9.17) is 14.2 Å². The number of aromatic nitrogens is 2. The molecule has 1 aromatic rings. The first kappa shape index (κ1) is 18.1. The van der Waals surface area contributed by atoms with Crippen LogP contribution in [0.3, 0.4) is 0 Å². The van der Waals surface area contributed by atoms with Gasteiger partial charge in [0, 0.05) is 19.2 Å². The Morgan fingerprint density at radius 2 is 2.30 bits per heavy atom. The van der Waals surface area contributed by atoms with Gasteiger partial charge in [-0.1, -0.05) is 15.9 Å². The minimum absolute atomic E-state index is 0.118. The fraction of sp³-hybridized carbons (Fsp3) is 0.571. The van der Waals surface area contributed by atoms with Gasteiger partial charge >= 0.3 is 5.69 Å². The molecule has 2 heterocycles. The van der Waals surface area contributed by atoms with Gasteiger partial charge in [0.1, 0.15) is 19.1 Å². The van der Waals surface area contributed by atoms with E-state index >= 15 is 0 Å². The number of nitrogens with zero attached hydrogens (tertiary/aromatic N) is 1. The minimum atomic E-state index is -0.768. The summed E-state index contributed by atoms with van der Waals surface area (Å²) >= 11 is 3.09. The molecule has 0 spiro atoms. The summed E-state index contributed by atoms with van der Waals surface area (Å²) in [7, 11) is 0. The van der Waals surface area contributed by atoms with Crippen LogP contribution in [-0.2, 0) is 14.2 Å². The van der Waals surface area contributed by atoms with Gasteiger partial charge in [-0.2, -0.15) is 0 Å². The van der Waals surface area contributed by atoms with Crippen LogP contribution < -0.4 is 11.2 Å². The van der Waals surface area contributed by atoms with Crippen molar-refractivity contribution < 1.29 is 19.3 Å². The molecular weight excluding hydrogens is 372 g/mol. The summed E-state index contributed by atoms with van der Waals surface area (Å²) in [5.41, 5.74) is -0.775. The summed E-state index contributed by atoms with van der Waals surface area (Å²) in [5.74, 6) is 0. The zero-order valence-electron chi connectivity index (χ0n) is 12.6. The molecule has 0 saturated carbocycles. The van der Waals surface area contributed by atoms with Crippen LogP contribution in [0.1, 0.15) is 25.1 Å². The van der Waals surface area contributed by atoms with Crippen molar-refractivity contribution in [3.63, 3.8) is 0 Å². The van der Waals surface area contributed by atoms with Crippen LogP contribution in [0.4, 0.5) is 0 Å². The second kappa shape index (κ2) is 8.55. The molecule has 0 bridgehead atoms. The Kier molecular flexibility index (Phi) is 6.72. The Hall–Kier alpha value is -1.26. The zero-order valence-corrected chi connectivity index (χ0v) is 14.2. The highest BCUT2D eigenvalue weighted by Crippen LogP contribution is 2.27. The van der Waals surface area contributed by atoms with E-state index in [0.717, 1.165) is 0 Å². The maximum absolute atomic E-state index is 12.0. The molecule has 0 aliphatic carbocycles. The summed E-state index contributed by atoms with van der Waals surface area (Å²) in [4.78, 5) is 27.4. The quantitative estimate of drug-likeness (QED) is 0.520. The van der Waals surface area contributed by atoms with Gasteiger partial charge < -0.3 is 19.3 Å². The number of hydrogen-bond acceptors (Lipinski definition) is 6. The molecule has 0 radical (unpaired) electrons. The summed E-state index contributed by atoms with van der Waals surface area (Å²) in [6.07, 6.45) is 1.15. The molecule has 9 heteroatoms. The molecule has 1 unspecified atom stereocenters. The van der Waals surface area contributed by atoms with E-state index < -0.39 is 29.7 Å². The average Bonchev–Trinajstić information content (AvgIpc) is 2.87. The van der Waals surface area contributed by atoms with E-state index in [0.29, 0.717) is 12.2 Å². The molecule has 8 nitrogen and oxygen atoms in total. The highest BCUT2D eigenvalue weighted by molar-refractivity contribution is 9.11. The lowest BCUT2D eigenvalue weighted by Crippen LogP contribution is -2.33. The van der Waals surface area contributed by atoms with Gasteiger partial charge in [-0.25, -0.2) is 4.79 Å². The maximum atomic E-state index is 12.0. The van der Waals surface area contributed by atoms with Crippen LogP contribution in [0.2, 0.25) is 0 Å². The SMILES string of the molecule is CCOCOC[C@@H]1O[C@H](n2cc(C=CBr)c(=O)[nH]c2=O)CC1O. The number of aliphatic hydroxyl groups is 1. The smallest absolute Gasteiger partial charge is 0.330 e. The van der Waals surface area contributed by atoms with Crippen molar-refractivity contribution in [3.8, 4) is 0 Å². The monoisotopic (exact) mass is 390 g/mol. The highest BCUT2D eigenvalue weighted by Gasteiger charge is 2.35. The molecule has 3 atom stereocenters. The fourth-order valence-corrected chi connectivity index (χ4v) is 2.53. The van der Waals surface area contributed by atoms with E-state index in [1.807, 2.05) is 6.92 Å². The van der Waals surface area contributed by atoms with Gasteiger partial charge in [0.15, 0.2) is 0 Å². The number of nitrogens with one attached hydrogen (secondary N) is 1. The van der Waals surface area contributed by atoms with Crippen LogP contribution in [0.25, 0.3) is 6.08 Å². The normalized spacial score (nSPS) is 24.6. The number of halogens is 1. The van der Waals surface area contributed by atoms with E-state index in [9.17, 15) is 14.7 Å². The second-order valence-corrected chi connectivity index (χ2v) is 5.49. The molecule has 1 aliphatic heterocycles. The predicted molar refractivity (Wildman–Crippen MR) is 86.3 cm³/mol. The van der Waals surface area contributed by atoms with Crippen LogP contribution in [0.15, 0.2) is 20.8 Å². The van der Waals surface area contributed by atoms with E-state index in [1.165, 1.54) is 21.8 Å². The Labute approximate surface area is 140 Å². The topological polar surface area (TPSA) is 103 Å². The summed E-state index contributed by atoms with van der Waals surface area (Å²) < 4.78 is 17.2. The van der Waals surface area contributed by atoms with Crippen molar-refractivity contribution >= 4 is 22.0 Å². The van der Waals surface area contributed by atoms with Gasteiger partial charge in [-0.15, -0.1) is 0 Å². The number of hydrogen-bond donors (Lipinski definition) is 2. The second-order valence-electron chi connectivity index (χ2n) is 4.96. The predicted octanol–water partition coefficient (Wildman–Crippen LogP) is 0.561. The van der Waals surface area contributed by atoms with Crippen molar-refractivity contribution in [2.45, 2.75) is 31.8 Å². The minimum Gasteiger partial charge on any atom is -0.390 e. The standard InChI is InChI=1S/C14H19BrN2O6/c1-2-21-8-22-7-11-10(18)5-12(23-11)17-6-9(3-4-15)13(19)16-14(17)20/h3-4,6,10-12,18H,2,5,7-8H2,1H3,(H,16,19,20)/t10?,11-,12-/m0/s1. The first-order valence-corrected chi connectivity index (χ1v) is 8.09. The molecule has 128 valence electrons. The third-order valence-corrected chi connectivity index (χ3v) is 3.67. The highest BCUT2D eigenvalue weighted by atomic mass is 79.9. The van der Waals surface area contributed by atoms with E-state index in [-0.39, 0.29) is 19.8 Å². The number of rotatable bonds is 7. The molecule has 0 amide bonds. The molecule has 1 fully saturated rings. The summed E-state index contributed by atoms with van der Waals surface area (Å²) in [6.45, 7) is 2.66. The molecule has 2 N–H and O–H groups in total. The maximum Gasteiger partial charge on any atom is 0.330 e. The van der Waals surface area contributed by atoms with Crippen LogP contribution in [0.5, 0.6) is 0 Å². The van der Waals surface area contributed by atoms with Gasteiger partial charge in [-0.3, -0.25) is 14.3 Å². The Bertz CT molecular complexity index is 655. The molecular formula is C14H19BrN2O6. The Morgan fingerprint density at radius 1 is 1.52 bits per heavy atom. The van der Waals surface area contributed by atoms with Gasteiger partial charge in [-0.05, 0) is 18.0 Å². The van der Waals surface area contributed by atoms with Gasteiger partial charge in [0.25, 0.3) is 5.56 Å². The summed E-state index contributed by atoms with van der Waals surface area (Å²) in [5, 5.41) is 10.0. The molecule has 1 saturated heterocycles. The number of aromatic amines is 1. The number of aliphatic hydroxyl groups excluding tert-OH is 1. The van der Waals surface area contributed by atoms with Crippen LogP contribution in [-0.4, -0.2) is 46.9 Å². The van der Waals surface area contributed by atoms with Gasteiger partial charge in [0.05, 0.1) is 18.3 Å². The van der Waals surface area contributed by atoms with Crippen LogP contribution in [0, 0.1) is 0 Å². The summed E-state index contributed by atoms with van der Waals surface area (Å²) in [6, 6.07) is 0. The van der Waals surface area contributed by atoms with Crippen molar-refractivity contribution in [3.05, 3.63) is 37.6 Å². The largest absolute Gasteiger partial charge is 0.390 e. The van der Waals surface area contributed by atoms with Crippen molar-refractivity contribution in [2.75, 3.05) is 20.0 Å². The van der Waals surface area contributed by atoms with Crippen molar-refractivity contribution in [2.24, 2.45) is 0 Å². The Morgan fingerprint density at radius 3 is 3.00 bits per heavy atom. The third kappa shape index (κ3) is 4.61. The lowest BCUT2D eigenvalue weighted by atomic mass is 10.2. The first-order valence-electron chi connectivity index (χ1n) is 7.18. The Balaban J connectivity index is 2.10.